The van der Waals surface area contributed by atoms with E-state index in [1.165, 1.54) is 0 Å². The first-order valence-electron chi connectivity index (χ1n) is 6.09. The molecule has 1 aromatic heterocycles. The zero-order chi connectivity index (χ0) is 14.5. The van der Waals surface area contributed by atoms with Crippen molar-refractivity contribution in [3.63, 3.8) is 0 Å². The number of benzene rings is 1. The highest BCUT2D eigenvalue weighted by molar-refractivity contribution is 14.1. The maximum Gasteiger partial charge on any atom is 0.360 e. The van der Waals surface area contributed by atoms with E-state index in [0.717, 1.165) is 14.9 Å². The molecule has 0 atom stereocenters. The highest BCUT2D eigenvalue weighted by atomic mass is 127. The Kier molecular flexibility index (Phi) is 4.99. The van der Waals surface area contributed by atoms with Gasteiger partial charge in [-0.05, 0) is 47.7 Å². The van der Waals surface area contributed by atoms with E-state index in [4.69, 9.17) is 14.0 Å². The molecule has 1 aromatic carbocycles. The number of carbonyl (C=O) groups excluding carboxylic acids is 1. The van der Waals surface area contributed by atoms with Gasteiger partial charge in [0, 0.05) is 21.6 Å². The lowest BCUT2D eigenvalue weighted by Crippen LogP contribution is -2.04. The lowest BCUT2D eigenvalue weighted by molar-refractivity contribution is 0.0514. The summed E-state index contributed by atoms with van der Waals surface area (Å²) < 4.78 is 16.4. The summed E-state index contributed by atoms with van der Waals surface area (Å²) in [6.07, 6.45) is 0.506. The third-order valence-corrected chi connectivity index (χ3v) is 3.32. The second kappa shape index (κ2) is 6.74. The summed E-state index contributed by atoms with van der Waals surface area (Å²) >= 11 is 2.23. The van der Waals surface area contributed by atoms with Gasteiger partial charge >= 0.3 is 5.97 Å². The third kappa shape index (κ3) is 3.50. The molecule has 0 saturated carbocycles. The minimum absolute atomic E-state index is 0.187. The van der Waals surface area contributed by atoms with Crippen molar-refractivity contribution in [2.75, 3.05) is 13.7 Å². The molecular weight excluding hydrogens is 373 g/mol. The first kappa shape index (κ1) is 14.8. The van der Waals surface area contributed by atoms with Crippen molar-refractivity contribution >= 4 is 28.6 Å². The van der Waals surface area contributed by atoms with E-state index in [1.807, 2.05) is 18.2 Å². The molecule has 5 nitrogen and oxygen atoms in total. The van der Waals surface area contributed by atoms with Crippen molar-refractivity contribution in [2.45, 2.75) is 13.3 Å². The zero-order valence-corrected chi connectivity index (χ0v) is 13.3. The molecule has 0 fully saturated rings. The Hall–Kier alpha value is -1.57. The molecular formula is C14H14INO4. The van der Waals surface area contributed by atoms with Crippen LogP contribution in [-0.2, 0) is 11.2 Å². The quantitative estimate of drug-likeness (QED) is 0.583. The normalized spacial score (nSPS) is 10.3. The van der Waals surface area contributed by atoms with Gasteiger partial charge in [0.1, 0.15) is 11.5 Å². The van der Waals surface area contributed by atoms with E-state index in [2.05, 4.69) is 27.7 Å². The van der Waals surface area contributed by atoms with Crippen LogP contribution in [0.4, 0.5) is 0 Å². The fraction of sp³-hybridized carbons (Fsp3) is 0.286. The van der Waals surface area contributed by atoms with Gasteiger partial charge < -0.3 is 14.0 Å². The molecule has 2 aromatic rings. The maximum absolute atomic E-state index is 11.5. The number of aromatic nitrogens is 1. The molecule has 0 N–H and O–H groups in total. The van der Waals surface area contributed by atoms with Gasteiger partial charge in [0.25, 0.3) is 0 Å². The summed E-state index contributed by atoms with van der Waals surface area (Å²) in [6.45, 7) is 2.06. The van der Waals surface area contributed by atoms with Crippen molar-refractivity contribution in [1.29, 1.82) is 0 Å². The molecule has 0 bridgehead atoms. The SMILES string of the molecule is CCOC(=O)c1cc(Cc2cc(I)ccc2OC)on1. The molecule has 0 radical (unpaired) electrons. The van der Waals surface area contributed by atoms with Gasteiger partial charge in [0.15, 0.2) is 5.69 Å². The minimum Gasteiger partial charge on any atom is -0.496 e. The van der Waals surface area contributed by atoms with E-state index in [9.17, 15) is 4.79 Å². The number of esters is 1. The number of nitrogens with zero attached hydrogens (tertiary/aromatic N) is 1. The highest BCUT2D eigenvalue weighted by Gasteiger charge is 2.15. The number of methoxy groups -OCH3 is 1. The number of hydrogen-bond acceptors (Lipinski definition) is 5. The summed E-state index contributed by atoms with van der Waals surface area (Å²) in [4.78, 5) is 11.5. The van der Waals surface area contributed by atoms with Crippen LogP contribution in [0.1, 0.15) is 28.7 Å². The summed E-state index contributed by atoms with van der Waals surface area (Å²) in [6, 6.07) is 7.47. The third-order valence-electron chi connectivity index (χ3n) is 2.65. The predicted molar refractivity (Wildman–Crippen MR) is 81.0 cm³/mol. The number of hydrogen-bond donors (Lipinski definition) is 0. The van der Waals surface area contributed by atoms with Gasteiger partial charge in [-0.25, -0.2) is 4.79 Å². The molecule has 106 valence electrons. The number of halogens is 1. The smallest absolute Gasteiger partial charge is 0.360 e. The van der Waals surface area contributed by atoms with Crippen molar-refractivity contribution < 1.29 is 18.8 Å². The predicted octanol–water partition coefficient (Wildman–Crippen LogP) is 3.06. The van der Waals surface area contributed by atoms with Gasteiger partial charge in [-0.3, -0.25) is 0 Å². The zero-order valence-electron chi connectivity index (χ0n) is 11.2. The van der Waals surface area contributed by atoms with E-state index in [1.54, 1.807) is 20.1 Å². The Bertz CT molecular complexity index is 609. The topological polar surface area (TPSA) is 61.6 Å². The first-order valence-corrected chi connectivity index (χ1v) is 7.17. The average Bonchev–Trinajstić information content (AvgIpc) is 2.88. The number of carbonyl (C=O) groups is 1. The first-order chi connectivity index (χ1) is 9.63. The molecule has 0 saturated heterocycles. The van der Waals surface area contributed by atoms with Gasteiger partial charge in [-0.2, -0.15) is 0 Å². The summed E-state index contributed by atoms with van der Waals surface area (Å²) in [5.74, 6) is 0.893. The van der Waals surface area contributed by atoms with Crippen LogP contribution in [0.3, 0.4) is 0 Å². The van der Waals surface area contributed by atoms with Crippen LogP contribution < -0.4 is 4.74 Å². The molecule has 20 heavy (non-hydrogen) atoms. The van der Waals surface area contributed by atoms with Crippen LogP contribution in [0.2, 0.25) is 0 Å². The summed E-state index contributed by atoms with van der Waals surface area (Å²) in [5.41, 5.74) is 1.16. The summed E-state index contributed by atoms with van der Waals surface area (Å²) in [5, 5.41) is 3.72. The Morgan fingerprint density at radius 2 is 2.20 bits per heavy atom. The van der Waals surface area contributed by atoms with Crippen LogP contribution in [0.15, 0.2) is 28.8 Å². The Morgan fingerprint density at radius 3 is 2.90 bits per heavy atom. The van der Waals surface area contributed by atoms with E-state index >= 15 is 0 Å². The lowest BCUT2D eigenvalue weighted by atomic mass is 10.1. The molecule has 0 aliphatic heterocycles. The molecule has 0 unspecified atom stereocenters. The van der Waals surface area contributed by atoms with Gasteiger partial charge in [-0.1, -0.05) is 5.16 Å². The van der Waals surface area contributed by atoms with Crippen LogP contribution >= 0.6 is 22.6 Å². The Balaban J connectivity index is 2.18. The average molecular weight is 387 g/mol. The molecule has 1 heterocycles. The largest absolute Gasteiger partial charge is 0.496 e. The van der Waals surface area contributed by atoms with Crippen LogP contribution in [0, 0.1) is 3.57 Å². The Morgan fingerprint density at radius 1 is 1.40 bits per heavy atom. The second-order valence-corrected chi connectivity index (χ2v) is 5.28. The van der Waals surface area contributed by atoms with Crippen LogP contribution in [0.5, 0.6) is 5.75 Å². The van der Waals surface area contributed by atoms with Crippen molar-refractivity contribution in [1.82, 2.24) is 5.16 Å². The fourth-order valence-corrected chi connectivity index (χ4v) is 2.33. The Labute approximate surface area is 130 Å². The van der Waals surface area contributed by atoms with E-state index in [0.29, 0.717) is 18.8 Å². The van der Waals surface area contributed by atoms with Crippen molar-refractivity contribution in [2.24, 2.45) is 0 Å². The molecule has 2 rings (SSSR count). The van der Waals surface area contributed by atoms with Crippen LogP contribution in [-0.4, -0.2) is 24.8 Å². The molecule has 6 heteroatoms. The monoisotopic (exact) mass is 387 g/mol. The standard InChI is InChI=1S/C14H14INO4/c1-3-19-14(17)12-8-11(20-16-12)7-9-6-10(15)4-5-13(9)18-2/h4-6,8H,3,7H2,1-2H3. The molecule has 0 spiro atoms. The van der Waals surface area contributed by atoms with Crippen molar-refractivity contribution in [3.05, 3.63) is 44.9 Å². The highest BCUT2D eigenvalue weighted by Crippen LogP contribution is 2.24. The number of rotatable bonds is 5. The van der Waals surface area contributed by atoms with Crippen LogP contribution in [0.25, 0.3) is 0 Å². The molecule has 0 amide bonds. The van der Waals surface area contributed by atoms with Gasteiger partial charge in [0.05, 0.1) is 13.7 Å². The van der Waals surface area contributed by atoms with Crippen molar-refractivity contribution in [3.8, 4) is 5.75 Å². The molecule has 0 aliphatic carbocycles. The van der Waals surface area contributed by atoms with E-state index in [-0.39, 0.29) is 5.69 Å². The summed E-state index contributed by atoms with van der Waals surface area (Å²) in [7, 11) is 1.62. The fourth-order valence-electron chi connectivity index (χ4n) is 1.77. The second-order valence-electron chi connectivity index (χ2n) is 4.03. The maximum atomic E-state index is 11.5. The lowest BCUT2D eigenvalue weighted by Gasteiger charge is -2.06. The molecule has 0 aliphatic rings. The van der Waals surface area contributed by atoms with Gasteiger partial charge in [-0.15, -0.1) is 0 Å². The van der Waals surface area contributed by atoms with E-state index < -0.39 is 5.97 Å². The minimum atomic E-state index is -0.475. The van der Waals surface area contributed by atoms with Gasteiger partial charge in [0.2, 0.25) is 0 Å². The number of ether oxygens (including phenoxy) is 2.